The summed E-state index contributed by atoms with van der Waals surface area (Å²) in [6, 6.07) is 6.07. The zero-order valence-electron chi connectivity index (χ0n) is 17.0. The van der Waals surface area contributed by atoms with Crippen LogP contribution in [0, 0.1) is 5.92 Å². The van der Waals surface area contributed by atoms with Crippen LogP contribution in [0.25, 0.3) is 10.9 Å². The molecule has 5 nitrogen and oxygen atoms in total. The number of benzene rings is 1. The van der Waals surface area contributed by atoms with Crippen LogP contribution in [0.15, 0.2) is 30.5 Å². The van der Waals surface area contributed by atoms with Crippen LogP contribution in [-0.2, 0) is 15.7 Å². The fourth-order valence-corrected chi connectivity index (χ4v) is 4.61. The minimum atomic E-state index is -4.45. The number of hydrogen-bond acceptors (Lipinski definition) is 4. The molecular formula is C22H26F3N3O2. The molecule has 4 rings (SSSR count). The average molecular weight is 421 g/mol. The van der Waals surface area contributed by atoms with Gasteiger partial charge < -0.3 is 9.64 Å². The Bertz CT molecular complexity index is 912. The van der Waals surface area contributed by atoms with Crippen LogP contribution < -0.4 is 0 Å². The number of hydrogen-bond donors (Lipinski definition) is 0. The van der Waals surface area contributed by atoms with Gasteiger partial charge in [-0.05, 0) is 30.0 Å². The van der Waals surface area contributed by atoms with Crippen molar-refractivity contribution in [3.05, 3.63) is 41.6 Å². The van der Waals surface area contributed by atoms with Gasteiger partial charge in [-0.2, -0.15) is 13.2 Å². The van der Waals surface area contributed by atoms with Crippen molar-refractivity contribution < 1.29 is 22.7 Å². The molecule has 1 unspecified atom stereocenters. The van der Waals surface area contributed by atoms with E-state index in [-0.39, 0.29) is 23.3 Å². The third-order valence-corrected chi connectivity index (χ3v) is 6.02. The molecule has 30 heavy (non-hydrogen) atoms. The molecule has 1 aromatic carbocycles. The molecule has 0 spiro atoms. The van der Waals surface area contributed by atoms with Crippen LogP contribution in [0.2, 0.25) is 0 Å². The number of aromatic nitrogens is 1. The van der Waals surface area contributed by atoms with Gasteiger partial charge in [0.15, 0.2) is 0 Å². The first kappa shape index (κ1) is 21.1. The van der Waals surface area contributed by atoms with Gasteiger partial charge >= 0.3 is 6.18 Å². The van der Waals surface area contributed by atoms with Gasteiger partial charge in [-0.15, -0.1) is 0 Å². The Morgan fingerprint density at radius 3 is 2.70 bits per heavy atom. The predicted molar refractivity (Wildman–Crippen MR) is 107 cm³/mol. The van der Waals surface area contributed by atoms with Gasteiger partial charge in [-0.25, -0.2) is 0 Å². The Morgan fingerprint density at radius 1 is 1.20 bits per heavy atom. The number of carbonyl (C=O) groups is 1. The number of morpholine rings is 1. The maximum absolute atomic E-state index is 13.4. The second-order valence-corrected chi connectivity index (χ2v) is 8.32. The molecule has 0 radical (unpaired) electrons. The number of rotatable bonds is 3. The lowest BCUT2D eigenvalue weighted by Gasteiger charge is -2.38. The lowest BCUT2D eigenvalue weighted by molar-refractivity contribution is -0.136. The molecule has 0 N–H and O–H groups in total. The van der Waals surface area contributed by atoms with Crippen LogP contribution >= 0.6 is 0 Å². The van der Waals surface area contributed by atoms with E-state index in [1.807, 2.05) is 4.90 Å². The molecule has 8 heteroatoms. The lowest BCUT2D eigenvalue weighted by Crippen LogP contribution is -2.48. The number of pyridine rings is 1. The molecule has 3 heterocycles. The molecule has 2 aliphatic heterocycles. The van der Waals surface area contributed by atoms with Crippen LogP contribution in [0.3, 0.4) is 0 Å². The molecule has 2 aromatic rings. The first-order valence-electron chi connectivity index (χ1n) is 10.4. The number of fused-ring (bicyclic) bond motifs is 1. The van der Waals surface area contributed by atoms with E-state index >= 15 is 0 Å². The van der Waals surface area contributed by atoms with E-state index in [0.29, 0.717) is 38.2 Å². The second kappa shape index (κ2) is 8.51. The van der Waals surface area contributed by atoms with Gasteiger partial charge in [-0.3, -0.25) is 14.7 Å². The highest BCUT2D eigenvalue weighted by Gasteiger charge is 2.35. The van der Waals surface area contributed by atoms with Crippen LogP contribution in [-0.4, -0.2) is 66.6 Å². The summed E-state index contributed by atoms with van der Waals surface area (Å²) in [5.41, 5.74) is 0.0969. The van der Waals surface area contributed by atoms with Gasteiger partial charge in [0.2, 0.25) is 5.91 Å². The van der Waals surface area contributed by atoms with Crippen molar-refractivity contribution in [2.45, 2.75) is 25.4 Å². The Kier molecular flexibility index (Phi) is 5.97. The molecule has 2 fully saturated rings. The SMILES string of the molecule is C[C@@H]1CC(c2ccc(C(F)(F)F)c3ncccc23)CN(C(=O)CN2CCOCC2)C1. The van der Waals surface area contributed by atoms with E-state index in [4.69, 9.17) is 4.74 Å². The number of nitrogens with zero attached hydrogens (tertiary/aromatic N) is 3. The molecular weight excluding hydrogens is 395 g/mol. The monoisotopic (exact) mass is 421 g/mol. The van der Waals surface area contributed by atoms with Crippen molar-refractivity contribution in [2.75, 3.05) is 45.9 Å². The number of carbonyl (C=O) groups excluding carboxylic acids is 1. The van der Waals surface area contributed by atoms with Crippen molar-refractivity contribution in [2.24, 2.45) is 5.92 Å². The van der Waals surface area contributed by atoms with Gasteiger partial charge in [0, 0.05) is 43.7 Å². The smallest absolute Gasteiger partial charge is 0.379 e. The number of halogens is 3. The second-order valence-electron chi connectivity index (χ2n) is 8.32. The van der Waals surface area contributed by atoms with Gasteiger partial charge in [-0.1, -0.05) is 19.1 Å². The van der Waals surface area contributed by atoms with Crippen molar-refractivity contribution in [1.82, 2.24) is 14.8 Å². The summed E-state index contributed by atoms with van der Waals surface area (Å²) in [6.07, 6.45) is -2.23. The summed E-state index contributed by atoms with van der Waals surface area (Å²) < 4.78 is 45.7. The summed E-state index contributed by atoms with van der Waals surface area (Å²) in [5, 5.41) is 0.520. The maximum Gasteiger partial charge on any atom is 0.418 e. The van der Waals surface area contributed by atoms with E-state index < -0.39 is 11.7 Å². The third-order valence-electron chi connectivity index (χ3n) is 6.02. The van der Waals surface area contributed by atoms with Gasteiger partial charge in [0.05, 0.1) is 30.8 Å². The Hall–Kier alpha value is -2.19. The van der Waals surface area contributed by atoms with Crippen molar-refractivity contribution in [1.29, 1.82) is 0 Å². The van der Waals surface area contributed by atoms with E-state index in [2.05, 4.69) is 16.8 Å². The highest BCUT2D eigenvalue weighted by atomic mass is 19.4. The molecule has 162 valence electrons. The maximum atomic E-state index is 13.4. The molecule has 0 bridgehead atoms. The topological polar surface area (TPSA) is 45.7 Å². The van der Waals surface area contributed by atoms with E-state index in [9.17, 15) is 18.0 Å². The number of ether oxygens (including phenoxy) is 1. The zero-order valence-corrected chi connectivity index (χ0v) is 17.0. The van der Waals surface area contributed by atoms with E-state index in [0.717, 1.165) is 31.1 Å². The quantitative estimate of drug-likeness (QED) is 0.761. The number of amides is 1. The minimum Gasteiger partial charge on any atom is -0.379 e. The first-order chi connectivity index (χ1) is 14.3. The molecule has 2 atom stereocenters. The number of likely N-dealkylation sites (tertiary alicyclic amines) is 1. The normalized spacial score (nSPS) is 23.7. The Balaban J connectivity index is 1.59. The lowest BCUT2D eigenvalue weighted by atomic mass is 9.83. The summed E-state index contributed by atoms with van der Waals surface area (Å²) in [7, 11) is 0. The van der Waals surface area contributed by atoms with Crippen molar-refractivity contribution in [3.63, 3.8) is 0 Å². The standard InChI is InChI=1S/C22H26F3N3O2/c1-15-11-16(13-28(12-15)20(29)14-27-7-9-30-10-8-27)17-4-5-19(22(23,24)25)21-18(17)3-2-6-26-21/h2-6,15-16H,7-14H2,1H3/t15-,16?/m1/s1. The molecule has 2 aliphatic rings. The molecule has 1 aromatic heterocycles. The molecule has 1 amide bonds. The van der Waals surface area contributed by atoms with Crippen LogP contribution in [0.5, 0.6) is 0 Å². The Morgan fingerprint density at radius 2 is 1.97 bits per heavy atom. The molecule has 0 saturated carbocycles. The fraction of sp³-hybridized carbons (Fsp3) is 0.545. The van der Waals surface area contributed by atoms with E-state index in [1.54, 1.807) is 18.2 Å². The molecule has 2 saturated heterocycles. The first-order valence-corrected chi connectivity index (χ1v) is 10.4. The summed E-state index contributed by atoms with van der Waals surface area (Å²) in [6.45, 7) is 6.40. The van der Waals surface area contributed by atoms with Crippen LogP contribution in [0.1, 0.15) is 30.4 Å². The number of piperidine rings is 1. The summed E-state index contributed by atoms with van der Waals surface area (Å²) in [4.78, 5) is 20.9. The highest BCUT2D eigenvalue weighted by molar-refractivity contribution is 5.86. The largest absolute Gasteiger partial charge is 0.418 e. The molecule has 0 aliphatic carbocycles. The van der Waals surface area contributed by atoms with Crippen molar-refractivity contribution >= 4 is 16.8 Å². The summed E-state index contributed by atoms with van der Waals surface area (Å²) in [5.74, 6) is 0.325. The third kappa shape index (κ3) is 4.44. The Labute approximate surface area is 173 Å². The highest BCUT2D eigenvalue weighted by Crippen LogP contribution is 2.39. The minimum absolute atomic E-state index is 0.0172. The van der Waals surface area contributed by atoms with Gasteiger partial charge in [0.25, 0.3) is 0 Å². The predicted octanol–water partition coefficient (Wildman–Crippen LogP) is 3.54. The summed E-state index contributed by atoms with van der Waals surface area (Å²) >= 11 is 0. The van der Waals surface area contributed by atoms with Crippen molar-refractivity contribution in [3.8, 4) is 0 Å². The van der Waals surface area contributed by atoms with E-state index in [1.165, 1.54) is 6.20 Å². The zero-order chi connectivity index (χ0) is 21.3. The average Bonchev–Trinajstić information content (AvgIpc) is 2.72. The van der Waals surface area contributed by atoms with Gasteiger partial charge in [0.1, 0.15) is 0 Å². The fourth-order valence-electron chi connectivity index (χ4n) is 4.61. The number of alkyl halides is 3. The van der Waals surface area contributed by atoms with Crippen LogP contribution in [0.4, 0.5) is 13.2 Å².